The van der Waals surface area contributed by atoms with E-state index in [1.807, 2.05) is 6.92 Å². The smallest absolute Gasteiger partial charge is 0.293 e. The van der Waals surface area contributed by atoms with Crippen molar-refractivity contribution in [2.75, 3.05) is 13.7 Å². The fourth-order valence-electron chi connectivity index (χ4n) is 7.76. The number of aldehydes is 1. The van der Waals surface area contributed by atoms with E-state index < -0.39 is 47.0 Å². The van der Waals surface area contributed by atoms with Crippen LogP contribution in [0.1, 0.15) is 102 Å². The molecule has 0 N–H and O–H groups in total. The Hall–Kier alpha value is -2.91. The number of ether oxygens (including phenoxy) is 2. The average Bonchev–Trinajstić information content (AvgIpc) is 3.52. The lowest BCUT2D eigenvalue weighted by Gasteiger charge is -2.30. The van der Waals surface area contributed by atoms with Crippen LogP contribution in [0.3, 0.4) is 0 Å². The minimum atomic E-state index is -3.22. The second-order valence-corrected chi connectivity index (χ2v) is 14.4. The Labute approximate surface area is 259 Å². The van der Waals surface area contributed by atoms with Crippen LogP contribution >= 0.6 is 0 Å². The summed E-state index contributed by atoms with van der Waals surface area (Å²) in [6, 6.07) is -0.451. The molecular weight excluding hydrogens is 568 g/mol. The second-order valence-electron chi connectivity index (χ2n) is 14.4. The molecule has 3 fully saturated rings. The van der Waals surface area contributed by atoms with Crippen molar-refractivity contribution in [1.29, 1.82) is 0 Å². The van der Waals surface area contributed by atoms with Crippen molar-refractivity contribution in [3.05, 3.63) is 33.7 Å². The first-order valence-electron chi connectivity index (χ1n) is 16.3. The summed E-state index contributed by atoms with van der Waals surface area (Å²) < 4.78 is 43.9. The zero-order chi connectivity index (χ0) is 31.8. The van der Waals surface area contributed by atoms with Gasteiger partial charge in [0.25, 0.3) is 11.8 Å². The van der Waals surface area contributed by atoms with Gasteiger partial charge in [0.1, 0.15) is 18.1 Å². The Bertz CT molecular complexity index is 1280. The van der Waals surface area contributed by atoms with Crippen molar-refractivity contribution < 1.29 is 27.8 Å². The third-order valence-corrected chi connectivity index (χ3v) is 10.4. The highest BCUT2D eigenvalue weighted by molar-refractivity contribution is 5.86. The molecular formula is C34H47F2N3O5. The molecule has 7 atom stereocenters. The van der Waals surface area contributed by atoms with Gasteiger partial charge in [-0.1, -0.05) is 45.7 Å². The number of fused-ring (bicyclic) bond motifs is 2. The highest BCUT2D eigenvalue weighted by Gasteiger charge is 2.50. The Balaban J connectivity index is 1.40. The third kappa shape index (κ3) is 6.54. The van der Waals surface area contributed by atoms with Gasteiger partial charge in [0, 0.05) is 30.0 Å². The number of methoxy groups -OCH3 is 1. The molecule has 5 rings (SSSR count). The molecule has 10 heteroatoms. The van der Waals surface area contributed by atoms with Crippen LogP contribution in [0.25, 0.3) is 6.08 Å². The molecule has 3 aliphatic carbocycles. The summed E-state index contributed by atoms with van der Waals surface area (Å²) in [5, 5.41) is 3.08. The number of hydrogen-bond donors (Lipinski definition) is 0. The Morgan fingerprint density at radius 2 is 2.00 bits per heavy atom. The molecule has 3 unspecified atom stereocenters. The lowest BCUT2D eigenvalue weighted by atomic mass is 9.86. The molecule has 0 bridgehead atoms. The van der Waals surface area contributed by atoms with E-state index in [1.54, 1.807) is 40.0 Å². The first-order valence-corrected chi connectivity index (χ1v) is 16.3. The lowest BCUT2D eigenvalue weighted by molar-refractivity contribution is -0.138. The molecule has 1 saturated heterocycles. The minimum Gasteiger partial charge on any atom is -0.501 e. The maximum absolute atomic E-state index is 16.0. The summed E-state index contributed by atoms with van der Waals surface area (Å²) in [5.74, 6) is -1.14. The van der Waals surface area contributed by atoms with Gasteiger partial charge in [-0.15, -0.1) is 4.91 Å². The number of nitrogens with zero attached hydrogens (tertiary/aromatic N) is 3. The van der Waals surface area contributed by atoms with Crippen LogP contribution in [0.4, 0.5) is 8.78 Å². The largest absolute Gasteiger partial charge is 0.501 e. The quantitative estimate of drug-likeness (QED) is 0.134. The van der Waals surface area contributed by atoms with Crippen molar-refractivity contribution in [2.24, 2.45) is 34.3 Å². The third-order valence-electron chi connectivity index (χ3n) is 10.4. The molecule has 44 heavy (non-hydrogen) atoms. The van der Waals surface area contributed by atoms with Crippen molar-refractivity contribution in [2.45, 2.75) is 116 Å². The van der Waals surface area contributed by atoms with E-state index in [0.29, 0.717) is 49.1 Å². The number of likely N-dealkylation sites (tertiary alicyclic amines) is 1. The summed E-state index contributed by atoms with van der Waals surface area (Å²) in [5.41, 5.74) is 0.0862. The molecule has 0 spiro atoms. The van der Waals surface area contributed by atoms with Crippen molar-refractivity contribution in [3.8, 4) is 5.75 Å². The van der Waals surface area contributed by atoms with Gasteiger partial charge in [-0.2, -0.15) is 8.78 Å². The lowest BCUT2D eigenvalue weighted by Crippen LogP contribution is -2.47. The highest BCUT2D eigenvalue weighted by atomic mass is 19.3. The summed E-state index contributed by atoms with van der Waals surface area (Å²) in [4.78, 5) is 43.3. The molecule has 2 saturated carbocycles. The van der Waals surface area contributed by atoms with E-state index >= 15 is 8.78 Å². The maximum atomic E-state index is 16.0. The number of carbonyl (C=O) groups excluding carboxylic acids is 2. The number of amides is 1. The molecule has 2 heterocycles. The second kappa shape index (κ2) is 12.8. The fourth-order valence-corrected chi connectivity index (χ4v) is 7.76. The fraction of sp³-hybridized carbons (Fsp3) is 0.735. The van der Waals surface area contributed by atoms with Crippen molar-refractivity contribution in [3.63, 3.8) is 0 Å². The molecule has 8 nitrogen and oxygen atoms in total. The standard InChI is InChI=1S/C34H47F2N3O5/c1-6-24-27(19-40)39(32(41)31(38-42)33(2,3)4)18-29(24)44-28-17-22-15-23(43-5)12-13-26(22)37-30(28)34(35,36)14-8-7-9-20-10-11-21-16-25(20)21/h15,17,19-21,24-25,27,29,31H,6-14,16,18H2,1-5H3/t20-,21?,24-,25?,27?,29-,31+/m0/s1. The number of alkyl halides is 2. The Morgan fingerprint density at radius 1 is 1.23 bits per heavy atom. The van der Waals surface area contributed by atoms with Gasteiger partial charge in [0.15, 0.2) is 11.7 Å². The van der Waals surface area contributed by atoms with Crippen molar-refractivity contribution in [1.82, 2.24) is 9.88 Å². The molecule has 0 radical (unpaired) electrons. The maximum Gasteiger partial charge on any atom is 0.293 e. The Kier molecular flexibility index (Phi) is 9.47. The number of hydrogen-bond acceptors (Lipinski definition) is 7. The molecule has 1 amide bonds. The van der Waals surface area contributed by atoms with Gasteiger partial charge < -0.3 is 19.2 Å². The zero-order valence-electron chi connectivity index (χ0n) is 26.7. The van der Waals surface area contributed by atoms with Gasteiger partial charge in [0.05, 0.1) is 25.5 Å². The van der Waals surface area contributed by atoms with E-state index in [2.05, 4.69) is 10.2 Å². The summed E-state index contributed by atoms with van der Waals surface area (Å²) in [7, 11) is 1.58. The van der Waals surface area contributed by atoms with Crippen LogP contribution in [0, 0.1) is 34.0 Å². The average molecular weight is 616 g/mol. The van der Waals surface area contributed by atoms with Crippen LogP contribution < -0.4 is 4.74 Å². The van der Waals surface area contributed by atoms with Gasteiger partial charge in [-0.3, -0.25) is 4.79 Å². The molecule has 242 valence electrons. The summed E-state index contributed by atoms with van der Waals surface area (Å²) in [6.07, 6.45) is 8.94. The topological polar surface area (TPSA) is 98.2 Å². The molecule has 4 aliphatic rings. The summed E-state index contributed by atoms with van der Waals surface area (Å²) >= 11 is 0. The van der Waals surface area contributed by atoms with Crippen LogP contribution in [-0.4, -0.2) is 53.9 Å². The number of halogens is 2. The van der Waals surface area contributed by atoms with Gasteiger partial charge in [-0.05, 0) is 73.8 Å². The number of rotatable bonds is 13. The number of aromatic nitrogens is 1. The molecule has 1 aliphatic heterocycles. The van der Waals surface area contributed by atoms with E-state index in [-0.39, 0.29) is 18.7 Å². The van der Waals surface area contributed by atoms with Crippen LogP contribution in [0.15, 0.2) is 17.0 Å². The first-order chi connectivity index (χ1) is 20.9. The molecule has 1 aromatic heterocycles. The van der Waals surface area contributed by atoms with Gasteiger partial charge >= 0.3 is 0 Å². The summed E-state index contributed by atoms with van der Waals surface area (Å²) in [6.45, 7) is 7.06. The zero-order valence-corrected chi connectivity index (χ0v) is 26.7. The van der Waals surface area contributed by atoms with Gasteiger partial charge in [-0.25, -0.2) is 4.98 Å². The van der Waals surface area contributed by atoms with Crippen LogP contribution in [-0.2, 0) is 26.7 Å². The number of unbranched alkanes of at least 4 members (excludes halogenated alkanes) is 1. The van der Waals surface area contributed by atoms with Crippen LogP contribution in [0.5, 0.6) is 5.75 Å². The SMILES string of the molecule is CC[C@H]1C(C=O)N(C(=O)[C@@H](N=O)C(C)(C)C)C[C@@H]1Oc1cc2c(nc1C(F)(F)CCCC[C@H]1CCC3CC31)CCC(OC)=C2. The van der Waals surface area contributed by atoms with E-state index in [1.165, 1.54) is 24.2 Å². The minimum absolute atomic E-state index is 0.0202. The van der Waals surface area contributed by atoms with Gasteiger partial charge in [0.2, 0.25) is 0 Å². The number of aryl methyl sites for hydroxylation is 1. The molecule has 1 aromatic rings. The number of pyridine rings is 1. The van der Waals surface area contributed by atoms with E-state index in [4.69, 9.17) is 9.47 Å². The Morgan fingerprint density at radius 3 is 2.59 bits per heavy atom. The number of carbonyl (C=O) groups is 2. The number of allylic oxidation sites excluding steroid dienone is 1. The monoisotopic (exact) mass is 615 g/mol. The van der Waals surface area contributed by atoms with E-state index in [0.717, 1.165) is 30.4 Å². The highest BCUT2D eigenvalue weighted by Crippen LogP contribution is 2.56. The first kappa shape index (κ1) is 32.5. The van der Waals surface area contributed by atoms with Crippen molar-refractivity contribution >= 4 is 18.3 Å². The van der Waals surface area contributed by atoms with Crippen LogP contribution in [0.2, 0.25) is 0 Å². The predicted octanol–water partition coefficient (Wildman–Crippen LogP) is 7.08. The normalized spacial score (nSPS) is 28.5. The molecule has 0 aromatic carbocycles. The predicted molar refractivity (Wildman–Crippen MR) is 163 cm³/mol. The number of nitroso groups, excluding NO2 is 1. The van der Waals surface area contributed by atoms with E-state index in [9.17, 15) is 14.5 Å².